The average molecular weight is 494 g/mol. The van der Waals surface area contributed by atoms with Gasteiger partial charge in [-0.3, -0.25) is 4.99 Å². The molecule has 1 saturated heterocycles. The molecule has 4 rings (SSSR count). The fourth-order valence-electron chi connectivity index (χ4n) is 3.91. The third-order valence-corrected chi connectivity index (χ3v) is 5.78. The van der Waals surface area contributed by atoms with Crippen LogP contribution in [0.3, 0.4) is 0 Å². The summed E-state index contributed by atoms with van der Waals surface area (Å²) in [6.45, 7) is 2.86. The molecule has 2 aliphatic rings. The van der Waals surface area contributed by atoms with Crippen LogP contribution in [-0.2, 0) is 5.41 Å². The molecule has 1 aliphatic heterocycles. The molecule has 2 aromatic rings. The normalized spacial score (nSPS) is 20.4. The van der Waals surface area contributed by atoms with E-state index in [1.54, 1.807) is 12.1 Å². The lowest BCUT2D eigenvalue weighted by atomic mass is 9.96. The van der Waals surface area contributed by atoms with E-state index in [0.29, 0.717) is 6.04 Å². The number of aliphatic imine (C=N–C) groups is 1. The summed E-state index contributed by atoms with van der Waals surface area (Å²) in [5.41, 5.74) is 2.61. The molecule has 1 saturated carbocycles. The Kier molecular flexibility index (Phi) is 6.80. The first-order valence-electron chi connectivity index (χ1n) is 9.72. The van der Waals surface area contributed by atoms with Crippen LogP contribution in [0.1, 0.15) is 24.8 Å². The number of rotatable bonds is 5. The van der Waals surface area contributed by atoms with Crippen LogP contribution in [0.25, 0.3) is 0 Å². The van der Waals surface area contributed by atoms with E-state index in [2.05, 4.69) is 50.9 Å². The molecule has 0 spiro atoms. The van der Waals surface area contributed by atoms with Gasteiger partial charge in [0, 0.05) is 43.8 Å². The molecule has 0 bridgehead atoms. The van der Waals surface area contributed by atoms with Crippen LogP contribution in [0.4, 0.5) is 10.1 Å². The highest BCUT2D eigenvalue weighted by molar-refractivity contribution is 14.0. The van der Waals surface area contributed by atoms with Crippen molar-refractivity contribution in [3.63, 3.8) is 0 Å². The topological polar surface area (TPSA) is 39.7 Å². The van der Waals surface area contributed by atoms with Gasteiger partial charge < -0.3 is 15.5 Å². The van der Waals surface area contributed by atoms with Gasteiger partial charge in [0.05, 0.1) is 0 Å². The van der Waals surface area contributed by atoms with Gasteiger partial charge in [-0.15, -0.1) is 24.0 Å². The number of hydrogen-bond acceptors (Lipinski definition) is 2. The lowest BCUT2D eigenvalue weighted by Gasteiger charge is -2.22. The molecule has 28 heavy (non-hydrogen) atoms. The molecular weight excluding hydrogens is 466 g/mol. The van der Waals surface area contributed by atoms with Crippen molar-refractivity contribution in [1.29, 1.82) is 0 Å². The number of anilines is 1. The summed E-state index contributed by atoms with van der Waals surface area (Å²) < 4.78 is 13.2. The molecule has 4 nitrogen and oxygen atoms in total. The highest BCUT2D eigenvalue weighted by atomic mass is 127. The minimum absolute atomic E-state index is 0. The van der Waals surface area contributed by atoms with Crippen molar-refractivity contribution >= 4 is 35.6 Å². The zero-order valence-electron chi connectivity index (χ0n) is 16.2. The second-order valence-electron chi connectivity index (χ2n) is 7.62. The van der Waals surface area contributed by atoms with Crippen LogP contribution >= 0.6 is 24.0 Å². The molecule has 0 aromatic heterocycles. The Morgan fingerprint density at radius 1 is 1.14 bits per heavy atom. The minimum atomic E-state index is -0.177. The lowest BCUT2D eigenvalue weighted by Crippen LogP contribution is -2.46. The summed E-state index contributed by atoms with van der Waals surface area (Å²) in [4.78, 5) is 6.81. The molecule has 2 aromatic carbocycles. The van der Waals surface area contributed by atoms with E-state index in [1.807, 2.05) is 19.2 Å². The third-order valence-electron chi connectivity index (χ3n) is 5.78. The molecule has 2 fully saturated rings. The summed E-state index contributed by atoms with van der Waals surface area (Å²) in [6, 6.07) is 17.9. The SMILES string of the molecule is CN=C(NCC1(c2ccc(F)cc2)CC1)NC1CCN(c2ccccc2)C1.I. The van der Waals surface area contributed by atoms with E-state index in [0.717, 1.165) is 44.9 Å². The van der Waals surface area contributed by atoms with E-state index < -0.39 is 0 Å². The maximum atomic E-state index is 13.2. The molecule has 0 radical (unpaired) electrons. The van der Waals surface area contributed by atoms with Gasteiger partial charge >= 0.3 is 0 Å². The van der Waals surface area contributed by atoms with E-state index in [9.17, 15) is 4.39 Å². The van der Waals surface area contributed by atoms with Crippen LogP contribution < -0.4 is 15.5 Å². The van der Waals surface area contributed by atoms with E-state index in [4.69, 9.17) is 0 Å². The van der Waals surface area contributed by atoms with Crippen molar-refractivity contribution in [2.45, 2.75) is 30.7 Å². The van der Waals surface area contributed by atoms with E-state index in [1.165, 1.54) is 11.3 Å². The lowest BCUT2D eigenvalue weighted by molar-refractivity contribution is 0.606. The van der Waals surface area contributed by atoms with Gasteiger partial charge in [-0.05, 0) is 49.1 Å². The Morgan fingerprint density at radius 2 is 1.86 bits per heavy atom. The summed E-state index contributed by atoms with van der Waals surface area (Å²) in [7, 11) is 1.82. The molecule has 1 heterocycles. The molecule has 1 aliphatic carbocycles. The van der Waals surface area contributed by atoms with Gasteiger partial charge in [0.15, 0.2) is 5.96 Å². The Labute approximate surface area is 183 Å². The fraction of sp³-hybridized carbons (Fsp3) is 0.409. The van der Waals surface area contributed by atoms with Crippen LogP contribution in [0, 0.1) is 5.82 Å². The highest BCUT2D eigenvalue weighted by Gasteiger charge is 2.44. The fourth-order valence-corrected chi connectivity index (χ4v) is 3.91. The van der Waals surface area contributed by atoms with Crippen molar-refractivity contribution in [3.05, 3.63) is 66.0 Å². The predicted octanol–water partition coefficient (Wildman–Crippen LogP) is 3.92. The van der Waals surface area contributed by atoms with Crippen LogP contribution in [-0.4, -0.2) is 38.7 Å². The molecule has 150 valence electrons. The summed E-state index contributed by atoms with van der Waals surface area (Å²) in [5.74, 6) is 0.674. The van der Waals surface area contributed by atoms with E-state index in [-0.39, 0.29) is 35.2 Å². The largest absolute Gasteiger partial charge is 0.369 e. The number of nitrogens with zero attached hydrogens (tertiary/aromatic N) is 2. The van der Waals surface area contributed by atoms with Gasteiger partial charge in [-0.2, -0.15) is 0 Å². The zero-order chi connectivity index (χ0) is 18.7. The second kappa shape index (κ2) is 9.11. The highest BCUT2D eigenvalue weighted by Crippen LogP contribution is 2.47. The maximum Gasteiger partial charge on any atom is 0.191 e. The number of nitrogens with one attached hydrogen (secondary N) is 2. The summed E-state index contributed by atoms with van der Waals surface area (Å²) >= 11 is 0. The Morgan fingerprint density at radius 3 is 2.50 bits per heavy atom. The molecule has 1 unspecified atom stereocenters. The number of hydrogen-bond donors (Lipinski definition) is 2. The Bertz CT molecular complexity index is 790. The standard InChI is InChI=1S/C22H27FN4.HI/c1-24-21(25-16-22(12-13-22)17-7-9-18(23)10-8-17)26-19-11-14-27(15-19)20-5-3-2-4-6-20;/h2-10,19H,11-16H2,1H3,(H2,24,25,26);1H. The summed E-state index contributed by atoms with van der Waals surface area (Å²) in [5, 5.41) is 7.06. The van der Waals surface area contributed by atoms with Gasteiger partial charge in [-0.1, -0.05) is 30.3 Å². The molecule has 0 amide bonds. The van der Waals surface area contributed by atoms with Crippen LogP contribution in [0.5, 0.6) is 0 Å². The first kappa shape index (κ1) is 20.9. The number of guanidine groups is 1. The summed E-state index contributed by atoms with van der Waals surface area (Å²) in [6.07, 6.45) is 3.36. The Balaban J connectivity index is 0.00000225. The third kappa shape index (κ3) is 4.77. The number of halogens is 2. The maximum absolute atomic E-state index is 13.2. The monoisotopic (exact) mass is 494 g/mol. The molecular formula is C22H28FIN4. The zero-order valence-corrected chi connectivity index (χ0v) is 18.5. The molecule has 1 atom stereocenters. The van der Waals surface area contributed by atoms with Crippen LogP contribution in [0.15, 0.2) is 59.6 Å². The van der Waals surface area contributed by atoms with Gasteiger partial charge in [0.25, 0.3) is 0 Å². The van der Waals surface area contributed by atoms with Gasteiger partial charge in [0.2, 0.25) is 0 Å². The number of para-hydroxylation sites is 1. The van der Waals surface area contributed by atoms with Crippen molar-refractivity contribution in [1.82, 2.24) is 10.6 Å². The van der Waals surface area contributed by atoms with Crippen molar-refractivity contribution in [2.24, 2.45) is 4.99 Å². The first-order valence-corrected chi connectivity index (χ1v) is 9.72. The van der Waals surface area contributed by atoms with Gasteiger partial charge in [-0.25, -0.2) is 4.39 Å². The molecule has 6 heteroatoms. The van der Waals surface area contributed by atoms with Crippen molar-refractivity contribution < 1.29 is 4.39 Å². The van der Waals surface area contributed by atoms with Crippen molar-refractivity contribution in [2.75, 3.05) is 31.6 Å². The number of benzene rings is 2. The van der Waals surface area contributed by atoms with E-state index >= 15 is 0 Å². The molecule has 2 N–H and O–H groups in total. The van der Waals surface area contributed by atoms with Crippen molar-refractivity contribution in [3.8, 4) is 0 Å². The van der Waals surface area contributed by atoms with Crippen LogP contribution in [0.2, 0.25) is 0 Å². The smallest absolute Gasteiger partial charge is 0.191 e. The quantitative estimate of drug-likeness (QED) is 0.376. The minimum Gasteiger partial charge on any atom is -0.369 e. The second-order valence-corrected chi connectivity index (χ2v) is 7.62. The first-order chi connectivity index (χ1) is 13.2. The predicted molar refractivity (Wildman–Crippen MR) is 124 cm³/mol. The average Bonchev–Trinajstić information content (AvgIpc) is 3.36. The van der Waals surface area contributed by atoms with Gasteiger partial charge in [0.1, 0.15) is 5.82 Å². The Hall–Kier alpha value is -1.83.